The lowest BCUT2D eigenvalue weighted by Gasteiger charge is -2.34. The lowest BCUT2D eigenvalue weighted by Crippen LogP contribution is -2.48. The van der Waals surface area contributed by atoms with Gasteiger partial charge in [0.15, 0.2) is 6.04 Å². The largest absolute Gasteiger partial charge is 0.396 e. The first-order valence-corrected chi connectivity index (χ1v) is 12.6. The monoisotopic (exact) mass is 395 g/mol. The van der Waals surface area contributed by atoms with E-state index in [1.54, 1.807) is 6.34 Å². The molecule has 1 aromatic carbocycles. The third-order valence-corrected chi connectivity index (χ3v) is 10.7. The van der Waals surface area contributed by atoms with E-state index in [0.717, 1.165) is 12.0 Å². The fourth-order valence-electron chi connectivity index (χ4n) is 4.73. The molecule has 0 bridgehead atoms. The number of nitrogens with zero attached hydrogens (tertiary/aromatic N) is 4. The van der Waals surface area contributed by atoms with Crippen LogP contribution in [0.5, 0.6) is 0 Å². The van der Waals surface area contributed by atoms with Crippen molar-refractivity contribution in [3.05, 3.63) is 42.5 Å². The lowest BCUT2D eigenvalue weighted by molar-refractivity contribution is -0.117. The smallest absolute Gasteiger partial charge is 0.281 e. The molecule has 1 fully saturated rings. The van der Waals surface area contributed by atoms with Crippen LogP contribution in [0.4, 0.5) is 0 Å². The van der Waals surface area contributed by atoms with Crippen LogP contribution in [0.25, 0.3) is 0 Å². The fraction of sp³-hybridized carbons (Fsp3) is 0.400. The number of nitrogens with two attached hydrogens (primary N) is 1. The summed E-state index contributed by atoms with van der Waals surface area (Å²) in [5.74, 6) is 0.0918. The number of aliphatic hydroxyl groups excluding tert-OH is 1. The number of hydrogen-bond donors (Lipinski definition) is 2. The molecule has 0 saturated heterocycles. The Balaban J connectivity index is 1.66. The Morgan fingerprint density at radius 1 is 1.29 bits per heavy atom. The third kappa shape index (κ3) is 2.84. The van der Waals surface area contributed by atoms with Gasteiger partial charge in [0.25, 0.3) is 5.91 Å². The highest BCUT2D eigenvalue weighted by Crippen LogP contribution is 2.48. The Hall–Kier alpha value is -2.58. The molecule has 0 radical (unpaired) electrons. The molecule has 3 N–H and O–H groups in total. The van der Waals surface area contributed by atoms with Crippen molar-refractivity contribution in [2.75, 3.05) is 6.61 Å². The molecule has 7 nitrogen and oxygen atoms in total. The molecule has 4 atom stereocenters. The van der Waals surface area contributed by atoms with Gasteiger partial charge in [-0.3, -0.25) is 9.79 Å². The highest BCUT2D eigenvalue weighted by Gasteiger charge is 2.50. The Morgan fingerprint density at radius 3 is 2.68 bits per heavy atom. The molecular weight excluding hydrogens is 370 g/mol. The molecule has 8 heteroatoms. The molecule has 1 aromatic rings. The van der Waals surface area contributed by atoms with E-state index in [4.69, 9.17) is 5.73 Å². The van der Waals surface area contributed by atoms with Crippen LogP contribution >= 0.6 is 0 Å². The van der Waals surface area contributed by atoms with E-state index >= 15 is 0 Å². The predicted molar refractivity (Wildman–Crippen MR) is 114 cm³/mol. The number of amides is 1. The number of carbonyl (C=O) groups is 1. The van der Waals surface area contributed by atoms with Crippen molar-refractivity contribution in [2.24, 2.45) is 26.6 Å². The van der Waals surface area contributed by atoms with E-state index in [9.17, 15) is 9.90 Å². The molecule has 1 saturated carbocycles. The van der Waals surface area contributed by atoms with Gasteiger partial charge in [-0.25, -0.2) is 0 Å². The number of fused-ring (bicyclic) bond motifs is 1. The van der Waals surface area contributed by atoms with E-state index in [0.29, 0.717) is 11.4 Å². The summed E-state index contributed by atoms with van der Waals surface area (Å²) < 4.78 is 0. The van der Waals surface area contributed by atoms with E-state index in [1.165, 1.54) is 5.19 Å². The molecule has 146 valence electrons. The van der Waals surface area contributed by atoms with Crippen LogP contribution in [0.15, 0.2) is 57.5 Å². The van der Waals surface area contributed by atoms with Gasteiger partial charge in [-0.15, -0.1) is 0 Å². The van der Waals surface area contributed by atoms with E-state index in [1.807, 2.05) is 11.0 Å². The Bertz CT molecular complexity index is 908. The summed E-state index contributed by atoms with van der Waals surface area (Å²) in [4.78, 5) is 26.3. The molecule has 4 rings (SSSR count). The van der Waals surface area contributed by atoms with Crippen molar-refractivity contribution in [1.29, 1.82) is 0 Å². The predicted octanol–water partition coefficient (Wildman–Crippen LogP) is 0.875. The van der Waals surface area contributed by atoms with E-state index in [2.05, 4.69) is 58.9 Å². The van der Waals surface area contributed by atoms with Crippen LogP contribution in [0.3, 0.4) is 0 Å². The molecule has 0 aromatic heterocycles. The average molecular weight is 396 g/mol. The van der Waals surface area contributed by atoms with Crippen molar-refractivity contribution < 1.29 is 9.90 Å². The normalized spacial score (nSPS) is 29.8. The van der Waals surface area contributed by atoms with Crippen molar-refractivity contribution in [3.63, 3.8) is 0 Å². The van der Waals surface area contributed by atoms with Gasteiger partial charge in [-0.2, -0.15) is 9.98 Å². The first-order valence-electron chi connectivity index (χ1n) is 9.48. The zero-order valence-electron chi connectivity index (χ0n) is 16.1. The van der Waals surface area contributed by atoms with Gasteiger partial charge in [0.1, 0.15) is 5.84 Å². The van der Waals surface area contributed by atoms with Gasteiger partial charge >= 0.3 is 0 Å². The summed E-state index contributed by atoms with van der Waals surface area (Å²) in [6.45, 7) is 9.08. The number of carbonyl (C=O) groups excluding carboxylic acids is 1. The first-order chi connectivity index (χ1) is 13.3. The maximum absolute atomic E-state index is 12.1. The van der Waals surface area contributed by atoms with Gasteiger partial charge in [-0.1, -0.05) is 55.2 Å². The summed E-state index contributed by atoms with van der Waals surface area (Å²) in [5, 5.41) is 11.5. The van der Waals surface area contributed by atoms with Crippen LogP contribution in [0.1, 0.15) is 6.42 Å². The van der Waals surface area contributed by atoms with Crippen LogP contribution in [0.2, 0.25) is 18.6 Å². The Labute approximate surface area is 165 Å². The quantitative estimate of drug-likeness (QED) is 0.583. The van der Waals surface area contributed by atoms with Crippen molar-refractivity contribution in [2.45, 2.75) is 37.1 Å². The maximum atomic E-state index is 12.1. The van der Waals surface area contributed by atoms with Crippen molar-refractivity contribution in [1.82, 2.24) is 4.90 Å². The Morgan fingerprint density at radius 2 is 2.00 bits per heavy atom. The standard InChI is InChI=1S/C20H25N5O2Si/c1-12-14(10-26)16(28(2,3)13-7-5-4-6-8-13)9-15(12)25-11-22-17-18(25)23-20(21)24-19(17)27/h4-8,11,14-17,26H,1,9-10H2,2-3H3,(H2,21,24,27)/t14-,15-,16-,17?/m0/s1. The van der Waals surface area contributed by atoms with Gasteiger partial charge in [0.05, 0.1) is 20.5 Å². The zero-order chi connectivity index (χ0) is 20.1. The fourth-order valence-corrected chi connectivity index (χ4v) is 8.35. The molecule has 3 aliphatic rings. The summed E-state index contributed by atoms with van der Waals surface area (Å²) in [6, 6.07) is 9.76. The molecule has 0 spiro atoms. The average Bonchev–Trinajstić information content (AvgIpc) is 3.23. The molecule has 2 heterocycles. The topological polar surface area (TPSA) is 104 Å². The second-order valence-corrected chi connectivity index (χ2v) is 12.9. The van der Waals surface area contributed by atoms with E-state index < -0.39 is 14.1 Å². The summed E-state index contributed by atoms with van der Waals surface area (Å²) in [5.41, 5.74) is 6.99. The minimum atomic E-state index is -1.88. The number of benzene rings is 1. The first kappa shape index (κ1) is 18.8. The van der Waals surface area contributed by atoms with Gasteiger partial charge in [-0.05, 0) is 17.5 Å². The minimum absolute atomic E-state index is 0.00484. The molecule has 1 aliphatic carbocycles. The summed E-state index contributed by atoms with van der Waals surface area (Å²) in [7, 11) is -1.88. The number of guanidine groups is 1. The van der Waals surface area contributed by atoms with E-state index in [-0.39, 0.29) is 30.4 Å². The molecular formula is C20H25N5O2Si. The minimum Gasteiger partial charge on any atom is -0.396 e. The van der Waals surface area contributed by atoms with Gasteiger partial charge in [0, 0.05) is 12.5 Å². The number of rotatable bonds is 4. The molecule has 1 amide bonds. The van der Waals surface area contributed by atoms with Crippen LogP contribution in [0, 0.1) is 5.92 Å². The number of aliphatic hydroxyl groups is 1. The highest BCUT2D eigenvalue weighted by atomic mass is 28.3. The zero-order valence-corrected chi connectivity index (χ0v) is 17.1. The summed E-state index contributed by atoms with van der Waals surface area (Å²) >= 11 is 0. The Kier molecular flexibility index (Phi) is 4.55. The highest BCUT2D eigenvalue weighted by molar-refractivity contribution is 6.91. The second-order valence-electron chi connectivity index (χ2n) is 8.16. The molecule has 2 aliphatic heterocycles. The number of hydrogen-bond acceptors (Lipinski definition) is 6. The number of amidine groups is 1. The number of aliphatic imine (C=N–C) groups is 3. The van der Waals surface area contributed by atoms with Crippen LogP contribution in [-0.2, 0) is 4.79 Å². The van der Waals surface area contributed by atoms with Gasteiger partial charge in [0.2, 0.25) is 5.96 Å². The van der Waals surface area contributed by atoms with Crippen LogP contribution < -0.4 is 10.9 Å². The van der Waals surface area contributed by atoms with Crippen molar-refractivity contribution >= 4 is 37.3 Å². The maximum Gasteiger partial charge on any atom is 0.281 e. The van der Waals surface area contributed by atoms with Gasteiger partial charge < -0.3 is 15.7 Å². The van der Waals surface area contributed by atoms with Crippen molar-refractivity contribution in [3.8, 4) is 0 Å². The molecule has 1 unspecified atom stereocenters. The summed E-state index contributed by atoms with van der Waals surface area (Å²) in [6.07, 6.45) is 2.49. The molecule has 28 heavy (non-hydrogen) atoms. The SMILES string of the molecule is C=C1[C@H](CO)[C@@H]([Si](C)(C)c2ccccc2)C[C@@H]1N1C=NC2C(=O)N=C(N)N=C21. The lowest BCUT2D eigenvalue weighted by atomic mass is 10.0. The second kappa shape index (κ2) is 6.79. The van der Waals surface area contributed by atoms with Crippen LogP contribution in [-0.4, -0.2) is 60.8 Å². The third-order valence-electron chi connectivity index (χ3n) is 6.38.